The molecular weight excluding hydrogens is 354 g/mol. The minimum atomic E-state index is 0.540. The molecule has 0 unspecified atom stereocenters. The van der Waals surface area contributed by atoms with Crippen LogP contribution in [0.5, 0.6) is 0 Å². The molecule has 0 saturated carbocycles. The van der Waals surface area contributed by atoms with E-state index in [1.165, 1.54) is 5.56 Å². The molecular formula is C18H18ClN5S. The number of rotatable bonds is 4. The Morgan fingerprint density at radius 2 is 2.08 bits per heavy atom. The topological polar surface area (TPSA) is 57.7 Å². The Morgan fingerprint density at radius 3 is 2.88 bits per heavy atom. The normalized spacial score (nSPS) is 14.5. The first kappa shape index (κ1) is 16.6. The number of nitrogens with zero attached hydrogens (tertiary/aromatic N) is 4. The van der Waals surface area contributed by atoms with Crippen LogP contribution in [0.25, 0.3) is 11.4 Å². The van der Waals surface area contributed by atoms with Crippen LogP contribution in [0.1, 0.15) is 17.0 Å². The van der Waals surface area contributed by atoms with Gasteiger partial charge in [-0.25, -0.2) is 15.0 Å². The predicted molar refractivity (Wildman–Crippen MR) is 101 cm³/mol. The summed E-state index contributed by atoms with van der Waals surface area (Å²) in [5.41, 5.74) is 4.35. The smallest absolute Gasteiger partial charge is 0.187 e. The maximum atomic E-state index is 6.36. The molecule has 0 bridgehead atoms. The van der Waals surface area contributed by atoms with Crippen molar-refractivity contribution in [1.82, 2.24) is 24.8 Å². The Morgan fingerprint density at radius 1 is 1.24 bits per heavy atom. The van der Waals surface area contributed by atoms with Crippen LogP contribution in [0.15, 0.2) is 41.7 Å². The van der Waals surface area contributed by atoms with E-state index >= 15 is 0 Å². The fourth-order valence-electron chi connectivity index (χ4n) is 3.04. The standard InChI is InChI=1S/C18H18ClN5S/c1-25-18-20-9-13-10-24(8-7-14(13)22-18)11-15-16(19)23-17(21-15)12-5-3-2-4-6-12/h2-6,9H,7-8,10-11H2,1H3,(H,21,23). The van der Waals surface area contributed by atoms with E-state index in [1.807, 2.05) is 42.8 Å². The Balaban J connectivity index is 1.50. The highest BCUT2D eigenvalue weighted by molar-refractivity contribution is 7.98. The molecule has 128 valence electrons. The highest BCUT2D eigenvalue weighted by Gasteiger charge is 2.20. The largest absolute Gasteiger partial charge is 0.339 e. The van der Waals surface area contributed by atoms with Gasteiger partial charge in [-0.05, 0) is 6.26 Å². The van der Waals surface area contributed by atoms with Crippen LogP contribution < -0.4 is 0 Å². The molecule has 2 aromatic heterocycles. The summed E-state index contributed by atoms with van der Waals surface area (Å²) < 4.78 is 0. The van der Waals surface area contributed by atoms with Crippen LogP contribution in [0.4, 0.5) is 0 Å². The van der Waals surface area contributed by atoms with Crippen molar-refractivity contribution < 1.29 is 0 Å². The lowest BCUT2D eigenvalue weighted by Gasteiger charge is -2.27. The van der Waals surface area contributed by atoms with Crippen molar-refractivity contribution in [3.63, 3.8) is 0 Å². The van der Waals surface area contributed by atoms with E-state index in [-0.39, 0.29) is 0 Å². The van der Waals surface area contributed by atoms with E-state index < -0.39 is 0 Å². The highest BCUT2D eigenvalue weighted by Crippen LogP contribution is 2.25. The van der Waals surface area contributed by atoms with Gasteiger partial charge in [-0.15, -0.1) is 0 Å². The number of H-pyrrole nitrogens is 1. The van der Waals surface area contributed by atoms with E-state index in [9.17, 15) is 0 Å². The summed E-state index contributed by atoms with van der Waals surface area (Å²) in [4.78, 5) is 19.2. The van der Waals surface area contributed by atoms with E-state index in [1.54, 1.807) is 11.8 Å². The Kier molecular flexibility index (Phi) is 4.74. The maximum Gasteiger partial charge on any atom is 0.187 e. The zero-order valence-corrected chi connectivity index (χ0v) is 15.4. The van der Waals surface area contributed by atoms with E-state index in [0.717, 1.165) is 54.0 Å². The van der Waals surface area contributed by atoms with Crippen molar-refractivity contribution in [3.05, 3.63) is 58.6 Å². The SMILES string of the molecule is CSc1ncc2c(n1)CCN(Cc1[nH]c(-c3ccccc3)nc1Cl)C2. The second-order valence-corrected chi connectivity index (χ2v) is 7.14. The molecule has 1 aliphatic heterocycles. The van der Waals surface area contributed by atoms with E-state index in [4.69, 9.17) is 11.6 Å². The Labute approximate surface area is 155 Å². The summed E-state index contributed by atoms with van der Waals surface area (Å²) in [5.74, 6) is 0.811. The third-order valence-electron chi connectivity index (χ3n) is 4.33. The molecule has 25 heavy (non-hydrogen) atoms. The quantitative estimate of drug-likeness (QED) is 0.558. The molecule has 5 nitrogen and oxygen atoms in total. The van der Waals surface area contributed by atoms with Gasteiger partial charge in [0.05, 0.1) is 11.4 Å². The Hall–Kier alpha value is -1.89. The van der Waals surface area contributed by atoms with Crippen molar-refractivity contribution in [3.8, 4) is 11.4 Å². The number of nitrogens with one attached hydrogen (secondary N) is 1. The van der Waals surface area contributed by atoms with Crippen LogP contribution in [-0.2, 0) is 19.5 Å². The summed E-state index contributed by atoms with van der Waals surface area (Å²) >= 11 is 7.94. The maximum absolute atomic E-state index is 6.36. The van der Waals surface area contributed by atoms with Gasteiger partial charge in [0.2, 0.25) is 0 Å². The summed E-state index contributed by atoms with van der Waals surface area (Å²) in [6.45, 7) is 2.52. The summed E-state index contributed by atoms with van der Waals surface area (Å²) in [6.07, 6.45) is 4.88. The molecule has 3 heterocycles. The molecule has 0 saturated heterocycles. The van der Waals surface area contributed by atoms with Gasteiger partial charge in [0.1, 0.15) is 5.82 Å². The molecule has 0 spiro atoms. The molecule has 0 fully saturated rings. The van der Waals surface area contributed by atoms with Crippen LogP contribution in [0, 0.1) is 0 Å². The minimum absolute atomic E-state index is 0.540. The second kappa shape index (κ2) is 7.15. The molecule has 0 amide bonds. The molecule has 1 N–H and O–H groups in total. The average molecular weight is 372 g/mol. The van der Waals surface area contributed by atoms with Crippen molar-refractivity contribution >= 4 is 23.4 Å². The van der Waals surface area contributed by atoms with Crippen molar-refractivity contribution in [1.29, 1.82) is 0 Å². The monoisotopic (exact) mass is 371 g/mol. The molecule has 4 rings (SSSR count). The minimum Gasteiger partial charge on any atom is -0.339 e. The predicted octanol–water partition coefficient (Wildman–Crippen LogP) is 3.80. The number of benzene rings is 1. The molecule has 0 atom stereocenters. The Bertz CT molecular complexity index is 880. The van der Waals surface area contributed by atoms with Gasteiger partial charge in [-0.1, -0.05) is 53.7 Å². The highest BCUT2D eigenvalue weighted by atomic mass is 35.5. The summed E-state index contributed by atoms with van der Waals surface area (Å²) in [5, 5.41) is 1.38. The lowest BCUT2D eigenvalue weighted by Crippen LogP contribution is -2.31. The zero-order valence-electron chi connectivity index (χ0n) is 13.9. The summed E-state index contributed by atoms with van der Waals surface area (Å²) in [6, 6.07) is 10.0. The van der Waals surface area contributed by atoms with Gasteiger partial charge >= 0.3 is 0 Å². The third kappa shape index (κ3) is 3.56. The number of aromatic nitrogens is 4. The van der Waals surface area contributed by atoms with Gasteiger partial charge in [0, 0.05) is 43.4 Å². The molecule has 0 aliphatic carbocycles. The van der Waals surface area contributed by atoms with Gasteiger partial charge in [-0.2, -0.15) is 0 Å². The van der Waals surface area contributed by atoms with E-state index in [2.05, 4.69) is 24.8 Å². The number of aromatic amines is 1. The van der Waals surface area contributed by atoms with Gasteiger partial charge in [0.25, 0.3) is 0 Å². The number of imidazole rings is 1. The third-order valence-corrected chi connectivity index (χ3v) is 5.21. The first-order chi connectivity index (χ1) is 12.2. The van der Waals surface area contributed by atoms with Gasteiger partial charge in [0.15, 0.2) is 10.3 Å². The van der Waals surface area contributed by atoms with Crippen molar-refractivity contribution in [2.45, 2.75) is 24.7 Å². The average Bonchev–Trinajstić information content (AvgIpc) is 3.02. The number of fused-ring (bicyclic) bond motifs is 1. The number of halogens is 1. The number of hydrogen-bond acceptors (Lipinski definition) is 5. The molecule has 0 radical (unpaired) electrons. The number of thioether (sulfide) groups is 1. The lowest BCUT2D eigenvalue weighted by atomic mass is 10.1. The fourth-order valence-corrected chi connectivity index (χ4v) is 3.59. The lowest BCUT2D eigenvalue weighted by molar-refractivity contribution is 0.239. The fraction of sp³-hybridized carbons (Fsp3) is 0.278. The van der Waals surface area contributed by atoms with E-state index in [0.29, 0.717) is 5.15 Å². The first-order valence-corrected chi connectivity index (χ1v) is 9.74. The molecule has 1 aromatic carbocycles. The van der Waals surface area contributed by atoms with Crippen LogP contribution in [0.2, 0.25) is 5.15 Å². The second-order valence-electron chi connectivity index (χ2n) is 6.01. The van der Waals surface area contributed by atoms with Gasteiger partial charge < -0.3 is 4.98 Å². The first-order valence-electron chi connectivity index (χ1n) is 8.14. The van der Waals surface area contributed by atoms with Crippen molar-refractivity contribution in [2.24, 2.45) is 0 Å². The number of hydrogen-bond donors (Lipinski definition) is 1. The van der Waals surface area contributed by atoms with Crippen LogP contribution >= 0.6 is 23.4 Å². The molecule has 3 aromatic rings. The van der Waals surface area contributed by atoms with Gasteiger partial charge in [-0.3, -0.25) is 4.90 Å². The van der Waals surface area contributed by atoms with Crippen LogP contribution in [0.3, 0.4) is 0 Å². The van der Waals surface area contributed by atoms with Crippen LogP contribution in [-0.4, -0.2) is 37.6 Å². The van der Waals surface area contributed by atoms with Crippen molar-refractivity contribution in [2.75, 3.05) is 12.8 Å². The molecule has 1 aliphatic rings. The summed E-state index contributed by atoms with van der Waals surface area (Å²) in [7, 11) is 0. The zero-order chi connectivity index (χ0) is 17.2. The molecule has 7 heteroatoms.